The van der Waals surface area contributed by atoms with Gasteiger partial charge in [0.05, 0.1) is 12.2 Å². The zero-order valence-corrected chi connectivity index (χ0v) is 6.07. The average molecular weight is 144 g/mol. The first-order valence-corrected chi connectivity index (χ1v) is 2.94. The maximum atomic E-state index is 12.0. The Balaban J connectivity index is 4.05. The molecule has 0 aliphatic rings. The Morgan fingerprint density at radius 2 is 1.80 bits per heavy atom. The summed E-state index contributed by atoms with van der Waals surface area (Å²) in [4.78, 5) is 0. The van der Waals surface area contributed by atoms with Crippen LogP contribution in [0.25, 0.3) is 0 Å². The van der Waals surface area contributed by atoms with Crippen molar-refractivity contribution in [3.05, 3.63) is 36.0 Å². The standard InChI is InChI=1S/C8H10F2/c1-7(5-6-9)3-4-8(2)10/h3-6H,1-2H3/b6-5+,7-3-,8-4+. The van der Waals surface area contributed by atoms with Gasteiger partial charge in [-0.15, -0.1) is 0 Å². The fourth-order valence-electron chi connectivity index (χ4n) is 0.401. The molecule has 10 heavy (non-hydrogen) atoms. The van der Waals surface area contributed by atoms with Crippen LogP contribution in [0.2, 0.25) is 0 Å². The highest BCUT2D eigenvalue weighted by molar-refractivity contribution is 5.21. The fourth-order valence-corrected chi connectivity index (χ4v) is 0.401. The van der Waals surface area contributed by atoms with Gasteiger partial charge in [-0.2, -0.15) is 0 Å². The molecule has 0 fully saturated rings. The van der Waals surface area contributed by atoms with Crippen LogP contribution in [0.3, 0.4) is 0 Å². The van der Waals surface area contributed by atoms with E-state index in [-0.39, 0.29) is 5.83 Å². The first-order valence-electron chi connectivity index (χ1n) is 2.94. The minimum Gasteiger partial charge on any atom is -0.216 e. The predicted molar refractivity (Wildman–Crippen MR) is 38.9 cm³/mol. The predicted octanol–water partition coefficient (Wildman–Crippen LogP) is 3.29. The first kappa shape index (κ1) is 9.08. The number of hydrogen-bond donors (Lipinski definition) is 0. The third-order valence-electron chi connectivity index (χ3n) is 0.902. The molecule has 56 valence electrons. The summed E-state index contributed by atoms with van der Waals surface area (Å²) in [5.74, 6) is -0.286. The van der Waals surface area contributed by atoms with Gasteiger partial charge < -0.3 is 0 Å². The lowest BCUT2D eigenvalue weighted by Gasteiger charge is -1.84. The number of hydrogen-bond acceptors (Lipinski definition) is 0. The fraction of sp³-hybridized carbons (Fsp3) is 0.250. The minimum atomic E-state index is -0.286. The lowest BCUT2D eigenvalue weighted by molar-refractivity contribution is 0.640. The smallest absolute Gasteiger partial charge is 0.0968 e. The van der Waals surface area contributed by atoms with Crippen molar-refractivity contribution in [3.63, 3.8) is 0 Å². The highest BCUT2D eigenvalue weighted by atomic mass is 19.1. The van der Waals surface area contributed by atoms with Crippen LogP contribution >= 0.6 is 0 Å². The number of rotatable bonds is 2. The summed E-state index contributed by atoms with van der Waals surface area (Å²) in [7, 11) is 0. The van der Waals surface area contributed by atoms with Crippen molar-refractivity contribution in [1.29, 1.82) is 0 Å². The van der Waals surface area contributed by atoms with Crippen molar-refractivity contribution >= 4 is 0 Å². The Bertz CT molecular complexity index is 172. The van der Waals surface area contributed by atoms with Crippen LogP contribution in [-0.2, 0) is 0 Å². The summed E-state index contributed by atoms with van der Waals surface area (Å²) in [5, 5.41) is 0. The van der Waals surface area contributed by atoms with E-state index in [1.807, 2.05) is 0 Å². The van der Waals surface area contributed by atoms with Crippen LogP contribution in [-0.4, -0.2) is 0 Å². The normalized spacial score (nSPS) is 14.8. The Kier molecular flexibility index (Phi) is 4.46. The molecule has 0 spiro atoms. The molecule has 0 atom stereocenters. The third-order valence-corrected chi connectivity index (χ3v) is 0.902. The Hall–Kier alpha value is -0.920. The van der Waals surface area contributed by atoms with E-state index in [9.17, 15) is 8.78 Å². The van der Waals surface area contributed by atoms with Crippen molar-refractivity contribution in [2.75, 3.05) is 0 Å². The van der Waals surface area contributed by atoms with Gasteiger partial charge in [-0.1, -0.05) is 6.08 Å². The van der Waals surface area contributed by atoms with E-state index < -0.39 is 0 Å². The minimum absolute atomic E-state index is 0.286. The molecule has 0 aliphatic heterocycles. The molecule has 0 nitrogen and oxygen atoms in total. The summed E-state index contributed by atoms with van der Waals surface area (Å²) in [6.45, 7) is 3.03. The molecular weight excluding hydrogens is 134 g/mol. The zero-order chi connectivity index (χ0) is 7.98. The monoisotopic (exact) mass is 144 g/mol. The van der Waals surface area contributed by atoms with Gasteiger partial charge in [0.25, 0.3) is 0 Å². The second-order valence-electron chi connectivity index (χ2n) is 1.96. The Labute approximate surface area is 59.6 Å². The van der Waals surface area contributed by atoms with E-state index in [0.29, 0.717) is 11.9 Å². The lowest BCUT2D eigenvalue weighted by Crippen LogP contribution is -1.65. The van der Waals surface area contributed by atoms with Gasteiger partial charge >= 0.3 is 0 Å². The second-order valence-corrected chi connectivity index (χ2v) is 1.96. The summed E-state index contributed by atoms with van der Waals surface area (Å²) >= 11 is 0. The molecule has 0 aromatic rings. The van der Waals surface area contributed by atoms with E-state index in [1.54, 1.807) is 6.92 Å². The first-order chi connectivity index (χ1) is 4.66. The molecule has 0 rings (SSSR count). The largest absolute Gasteiger partial charge is 0.216 e. The molecule has 0 N–H and O–H groups in total. The molecule has 0 bridgehead atoms. The summed E-state index contributed by atoms with van der Waals surface area (Å²) < 4.78 is 23.4. The van der Waals surface area contributed by atoms with Crippen LogP contribution in [0, 0.1) is 0 Å². The molecule has 0 amide bonds. The molecule has 0 heterocycles. The molecule has 0 saturated heterocycles. The quantitative estimate of drug-likeness (QED) is 0.521. The van der Waals surface area contributed by atoms with Crippen molar-refractivity contribution < 1.29 is 8.78 Å². The zero-order valence-electron chi connectivity index (χ0n) is 6.07. The van der Waals surface area contributed by atoms with E-state index in [4.69, 9.17) is 0 Å². The van der Waals surface area contributed by atoms with Gasteiger partial charge in [-0.05, 0) is 31.6 Å². The Morgan fingerprint density at radius 1 is 1.20 bits per heavy atom. The average Bonchev–Trinajstić information content (AvgIpc) is 1.85. The maximum absolute atomic E-state index is 12.0. The van der Waals surface area contributed by atoms with E-state index in [0.717, 1.165) is 0 Å². The van der Waals surface area contributed by atoms with Gasteiger partial charge in [0.2, 0.25) is 0 Å². The van der Waals surface area contributed by atoms with E-state index in [2.05, 4.69) is 0 Å². The van der Waals surface area contributed by atoms with Gasteiger partial charge in [-0.3, -0.25) is 0 Å². The second kappa shape index (κ2) is 4.91. The van der Waals surface area contributed by atoms with Crippen LogP contribution in [0.5, 0.6) is 0 Å². The van der Waals surface area contributed by atoms with Gasteiger partial charge in [0.1, 0.15) is 0 Å². The summed E-state index contributed by atoms with van der Waals surface area (Å²) in [6, 6.07) is 0. The van der Waals surface area contributed by atoms with Crippen molar-refractivity contribution in [3.8, 4) is 0 Å². The molecule has 0 radical (unpaired) electrons. The van der Waals surface area contributed by atoms with Crippen LogP contribution in [0.4, 0.5) is 8.78 Å². The molecule has 0 aromatic carbocycles. The Morgan fingerprint density at radius 3 is 2.20 bits per heavy atom. The van der Waals surface area contributed by atoms with Gasteiger partial charge in [0, 0.05) is 0 Å². The van der Waals surface area contributed by atoms with Gasteiger partial charge in [0.15, 0.2) is 0 Å². The maximum Gasteiger partial charge on any atom is 0.0968 e. The van der Waals surface area contributed by atoms with Crippen molar-refractivity contribution in [2.24, 2.45) is 0 Å². The molecule has 2 heteroatoms. The summed E-state index contributed by atoms with van der Waals surface area (Å²) in [6.07, 6.45) is 4.48. The van der Waals surface area contributed by atoms with E-state index in [1.165, 1.54) is 25.2 Å². The van der Waals surface area contributed by atoms with Gasteiger partial charge in [-0.25, -0.2) is 8.78 Å². The molecule has 0 aliphatic carbocycles. The van der Waals surface area contributed by atoms with E-state index >= 15 is 0 Å². The van der Waals surface area contributed by atoms with Crippen LogP contribution in [0.1, 0.15) is 13.8 Å². The molecule has 0 unspecified atom stereocenters. The van der Waals surface area contributed by atoms with Crippen molar-refractivity contribution in [2.45, 2.75) is 13.8 Å². The highest BCUT2D eigenvalue weighted by Gasteiger charge is 1.79. The molecular formula is C8H10F2. The molecule has 0 saturated carbocycles. The summed E-state index contributed by atoms with van der Waals surface area (Å²) in [5.41, 5.74) is 0.680. The number of allylic oxidation sites excluding steroid dienone is 5. The number of halogens is 2. The topological polar surface area (TPSA) is 0 Å². The van der Waals surface area contributed by atoms with Crippen molar-refractivity contribution in [1.82, 2.24) is 0 Å². The lowest BCUT2D eigenvalue weighted by atomic mass is 10.3. The third kappa shape index (κ3) is 5.22. The highest BCUT2D eigenvalue weighted by Crippen LogP contribution is 1.99. The SMILES string of the molecule is CC(=C/C=C(\C)F)/C=C/F. The molecule has 0 aromatic heterocycles. The van der Waals surface area contributed by atoms with Crippen LogP contribution in [0.15, 0.2) is 36.0 Å². The van der Waals surface area contributed by atoms with Crippen LogP contribution < -0.4 is 0 Å².